The van der Waals surface area contributed by atoms with E-state index >= 15 is 0 Å². The molecular formula is C17H25NO3. The summed E-state index contributed by atoms with van der Waals surface area (Å²) < 4.78 is 10.5. The first-order valence-corrected chi connectivity index (χ1v) is 7.68. The van der Waals surface area contributed by atoms with Crippen LogP contribution < -0.4 is 14.8 Å². The van der Waals surface area contributed by atoms with Crippen LogP contribution in [-0.2, 0) is 4.79 Å². The van der Waals surface area contributed by atoms with E-state index in [4.69, 9.17) is 9.47 Å². The molecular weight excluding hydrogens is 266 g/mol. The molecule has 1 aliphatic carbocycles. The molecule has 1 saturated carbocycles. The first-order chi connectivity index (χ1) is 10.2. The summed E-state index contributed by atoms with van der Waals surface area (Å²) in [6.07, 6.45) is 5.63. The van der Waals surface area contributed by atoms with Crippen LogP contribution in [0.2, 0.25) is 0 Å². The van der Waals surface area contributed by atoms with Gasteiger partial charge in [0.25, 0.3) is 0 Å². The number of methoxy groups -OCH3 is 2. The summed E-state index contributed by atoms with van der Waals surface area (Å²) in [5.41, 5.74) is 1.02. The molecule has 2 rings (SSSR count). The molecule has 0 aromatic heterocycles. The molecule has 0 bridgehead atoms. The van der Waals surface area contributed by atoms with Crippen molar-refractivity contribution < 1.29 is 14.3 Å². The molecule has 0 heterocycles. The van der Waals surface area contributed by atoms with E-state index < -0.39 is 0 Å². The Morgan fingerprint density at radius 2 is 1.81 bits per heavy atom. The highest BCUT2D eigenvalue weighted by Gasteiger charge is 2.22. The monoisotopic (exact) mass is 291 g/mol. The molecule has 1 amide bonds. The number of hydrogen-bond acceptors (Lipinski definition) is 3. The summed E-state index contributed by atoms with van der Waals surface area (Å²) in [6.45, 7) is 2.00. The zero-order chi connectivity index (χ0) is 15.2. The van der Waals surface area contributed by atoms with Gasteiger partial charge in [0.1, 0.15) is 0 Å². The van der Waals surface area contributed by atoms with Crippen LogP contribution >= 0.6 is 0 Å². The number of ether oxygens (including phenoxy) is 2. The van der Waals surface area contributed by atoms with Crippen molar-refractivity contribution in [3.63, 3.8) is 0 Å². The number of amides is 1. The largest absolute Gasteiger partial charge is 0.493 e. The van der Waals surface area contributed by atoms with Crippen LogP contribution in [0.4, 0.5) is 0 Å². The lowest BCUT2D eigenvalue weighted by atomic mass is 9.88. The van der Waals surface area contributed by atoms with E-state index in [2.05, 4.69) is 5.32 Å². The fourth-order valence-electron chi connectivity index (χ4n) is 2.90. The fraction of sp³-hybridized carbons (Fsp3) is 0.588. The summed E-state index contributed by atoms with van der Waals surface area (Å²) in [5.74, 6) is 1.75. The molecule has 1 unspecified atom stereocenters. The van der Waals surface area contributed by atoms with E-state index in [-0.39, 0.29) is 17.9 Å². The fourth-order valence-corrected chi connectivity index (χ4v) is 2.90. The van der Waals surface area contributed by atoms with E-state index in [9.17, 15) is 4.79 Å². The number of carbonyl (C=O) groups is 1. The normalized spacial score (nSPS) is 17.1. The Bertz CT molecular complexity index is 481. The molecule has 1 N–H and O–H groups in total. The minimum absolute atomic E-state index is 0.0285. The summed E-state index contributed by atoms with van der Waals surface area (Å²) >= 11 is 0. The van der Waals surface area contributed by atoms with Gasteiger partial charge in [-0.1, -0.05) is 25.3 Å². The third-order valence-corrected chi connectivity index (χ3v) is 4.24. The SMILES string of the molecule is COc1ccc(C(C)NC(=O)C2CCCCC2)cc1OC. The number of carbonyl (C=O) groups excluding carboxylic acids is 1. The van der Waals surface area contributed by atoms with Crippen LogP contribution in [0.3, 0.4) is 0 Å². The molecule has 21 heavy (non-hydrogen) atoms. The Balaban J connectivity index is 2.02. The lowest BCUT2D eigenvalue weighted by Crippen LogP contribution is -2.33. The predicted octanol–water partition coefficient (Wildman–Crippen LogP) is 3.46. The van der Waals surface area contributed by atoms with Crippen molar-refractivity contribution in [3.05, 3.63) is 23.8 Å². The number of hydrogen-bond donors (Lipinski definition) is 1. The molecule has 1 aromatic carbocycles. The van der Waals surface area contributed by atoms with Gasteiger partial charge in [-0.15, -0.1) is 0 Å². The Morgan fingerprint density at radius 3 is 2.43 bits per heavy atom. The maximum absolute atomic E-state index is 12.3. The number of rotatable bonds is 5. The summed E-state index contributed by atoms with van der Waals surface area (Å²) in [7, 11) is 3.23. The van der Waals surface area contributed by atoms with Crippen LogP contribution in [0.25, 0.3) is 0 Å². The van der Waals surface area contributed by atoms with Gasteiger partial charge in [-0.05, 0) is 37.5 Å². The van der Waals surface area contributed by atoms with Gasteiger partial charge in [-0.25, -0.2) is 0 Å². The molecule has 1 aromatic rings. The molecule has 0 aliphatic heterocycles. The highest BCUT2D eigenvalue weighted by Crippen LogP contribution is 2.30. The molecule has 0 radical (unpaired) electrons. The van der Waals surface area contributed by atoms with Crippen molar-refractivity contribution in [1.29, 1.82) is 0 Å². The van der Waals surface area contributed by atoms with Gasteiger partial charge >= 0.3 is 0 Å². The second-order valence-electron chi connectivity index (χ2n) is 5.68. The molecule has 4 heteroatoms. The van der Waals surface area contributed by atoms with Crippen LogP contribution in [0.5, 0.6) is 11.5 Å². The van der Waals surface area contributed by atoms with Crippen molar-refractivity contribution in [2.24, 2.45) is 5.92 Å². The Labute approximate surface area is 126 Å². The van der Waals surface area contributed by atoms with Crippen molar-refractivity contribution in [1.82, 2.24) is 5.32 Å². The van der Waals surface area contributed by atoms with Crippen LogP contribution in [-0.4, -0.2) is 20.1 Å². The average molecular weight is 291 g/mol. The lowest BCUT2D eigenvalue weighted by molar-refractivity contribution is -0.126. The smallest absolute Gasteiger partial charge is 0.223 e. The van der Waals surface area contributed by atoms with Gasteiger partial charge in [0.2, 0.25) is 5.91 Å². The van der Waals surface area contributed by atoms with Gasteiger partial charge in [0.05, 0.1) is 20.3 Å². The van der Waals surface area contributed by atoms with Gasteiger partial charge in [-0.2, -0.15) is 0 Å². The molecule has 0 saturated heterocycles. The topological polar surface area (TPSA) is 47.6 Å². The highest BCUT2D eigenvalue weighted by molar-refractivity contribution is 5.79. The zero-order valence-corrected chi connectivity index (χ0v) is 13.1. The van der Waals surface area contributed by atoms with Gasteiger partial charge in [-0.3, -0.25) is 4.79 Å². The van der Waals surface area contributed by atoms with Gasteiger partial charge < -0.3 is 14.8 Å². The maximum atomic E-state index is 12.3. The van der Waals surface area contributed by atoms with Gasteiger partial charge in [0.15, 0.2) is 11.5 Å². The first-order valence-electron chi connectivity index (χ1n) is 7.68. The van der Waals surface area contributed by atoms with E-state index in [0.717, 1.165) is 18.4 Å². The number of benzene rings is 1. The van der Waals surface area contributed by atoms with Crippen molar-refractivity contribution in [2.45, 2.75) is 45.1 Å². The standard InChI is InChI=1S/C17H25NO3/c1-12(18-17(19)13-7-5-4-6-8-13)14-9-10-15(20-2)16(11-14)21-3/h9-13H,4-8H2,1-3H3,(H,18,19). The van der Waals surface area contributed by atoms with Crippen LogP contribution in [0.1, 0.15) is 50.6 Å². The van der Waals surface area contributed by atoms with Crippen LogP contribution in [0.15, 0.2) is 18.2 Å². The third-order valence-electron chi connectivity index (χ3n) is 4.24. The highest BCUT2D eigenvalue weighted by atomic mass is 16.5. The zero-order valence-electron chi connectivity index (χ0n) is 13.1. The molecule has 0 spiro atoms. The summed E-state index contributed by atoms with van der Waals surface area (Å²) in [5, 5.41) is 3.12. The summed E-state index contributed by atoms with van der Waals surface area (Å²) in [6, 6.07) is 5.73. The van der Waals surface area contributed by atoms with Crippen molar-refractivity contribution >= 4 is 5.91 Å². The Morgan fingerprint density at radius 1 is 1.14 bits per heavy atom. The second kappa shape index (κ2) is 7.34. The third kappa shape index (κ3) is 3.90. The van der Waals surface area contributed by atoms with Crippen molar-refractivity contribution in [2.75, 3.05) is 14.2 Å². The molecule has 1 aliphatic rings. The summed E-state index contributed by atoms with van der Waals surface area (Å²) in [4.78, 5) is 12.3. The molecule has 1 fully saturated rings. The quantitative estimate of drug-likeness (QED) is 0.903. The Hall–Kier alpha value is -1.71. The molecule has 1 atom stereocenters. The van der Waals surface area contributed by atoms with E-state index in [1.807, 2.05) is 25.1 Å². The minimum atomic E-state index is -0.0285. The Kier molecular flexibility index (Phi) is 5.48. The maximum Gasteiger partial charge on any atom is 0.223 e. The van der Waals surface area contributed by atoms with Crippen LogP contribution in [0, 0.1) is 5.92 Å². The van der Waals surface area contributed by atoms with Crippen molar-refractivity contribution in [3.8, 4) is 11.5 Å². The first kappa shape index (κ1) is 15.7. The minimum Gasteiger partial charge on any atom is -0.493 e. The predicted molar refractivity (Wildman–Crippen MR) is 82.7 cm³/mol. The number of nitrogens with one attached hydrogen (secondary N) is 1. The lowest BCUT2D eigenvalue weighted by Gasteiger charge is -2.23. The average Bonchev–Trinajstić information content (AvgIpc) is 2.54. The second-order valence-corrected chi connectivity index (χ2v) is 5.68. The molecule has 4 nitrogen and oxygen atoms in total. The van der Waals surface area contributed by atoms with E-state index in [1.165, 1.54) is 19.3 Å². The molecule has 116 valence electrons. The van der Waals surface area contributed by atoms with E-state index in [0.29, 0.717) is 11.5 Å². The van der Waals surface area contributed by atoms with Gasteiger partial charge in [0, 0.05) is 5.92 Å². The van der Waals surface area contributed by atoms with E-state index in [1.54, 1.807) is 14.2 Å².